The van der Waals surface area contributed by atoms with Crippen molar-refractivity contribution in [3.05, 3.63) is 42.4 Å². The molecule has 1 aliphatic rings. The summed E-state index contributed by atoms with van der Waals surface area (Å²) in [5.41, 5.74) is 0.556. The molecule has 2 aromatic heterocycles. The predicted octanol–water partition coefficient (Wildman–Crippen LogP) is 2.34. The van der Waals surface area contributed by atoms with Crippen molar-refractivity contribution in [3.63, 3.8) is 0 Å². The molecule has 18 heavy (non-hydrogen) atoms. The van der Waals surface area contributed by atoms with Crippen LogP contribution >= 0.6 is 0 Å². The molecule has 0 amide bonds. The van der Waals surface area contributed by atoms with Gasteiger partial charge in [-0.1, -0.05) is 6.08 Å². The van der Waals surface area contributed by atoms with Crippen molar-refractivity contribution < 1.29 is 9.84 Å². The summed E-state index contributed by atoms with van der Waals surface area (Å²) in [6.45, 7) is 0. The number of aromatic hydroxyl groups is 1. The first-order chi connectivity index (χ1) is 8.83. The molecule has 5 nitrogen and oxygen atoms in total. The lowest BCUT2D eigenvalue weighted by Gasteiger charge is -2.08. The summed E-state index contributed by atoms with van der Waals surface area (Å²) in [5, 5.41) is 10.3. The van der Waals surface area contributed by atoms with Gasteiger partial charge < -0.3 is 9.84 Å². The van der Waals surface area contributed by atoms with E-state index in [4.69, 9.17) is 4.74 Å². The Morgan fingerprint density at radius 1 is 1.22 bits per heavy atom. The molecule has 3 rings (SSSR count). The molecule has 2 aromatic rings. The SMILES string of the molecule is Oc1nc(OC2=CCCC=C2)nc2cnccc12. The maximum Gasteiger partial charge on any atom is 0.325 e. The van der Waals surface area contributed by atoms with Crippen LogP contribution < -0.4 is 4.74 Å². The van der Waals surface area contributed by atoms with Crippen LogP contribution in [0.15, 0.2) is 42.4 Å². The average molecular weight is 241 g/mol. The normalized spacial score (nSPS) is 14.6. The molecule has 0 fully saturated rings. The van der Waals surface area contributed by atoms with E-state index < -0.39 is 0 Å². The highest BCUT2D eigenvalue weighted by Crippen LogP contribution is 2.24. The van der Waals surface area contributed by atoms with Gasteiger partial charge in [-0.05, 0) is 31.1 Å². The molecular weight excluding hydrogens is 230 g/mol. The first-order valence-electron chi connectivity index (χ1n) is 5.68. The molecule has 0 saturated carbocycles. The molecular formula is C13H11N3O2. The Morgan fingerprint density at radius 2 is 2.17 bits per heavy atom. The van der Waals surface area contributed by atoms with Crippen LogP contribution in [0.5, 0.6) is 11.9 Å². The summed E-state index contributed by atoms with van der Waals surface area (Å²) in [6.07, 6.45) is 11.0. The first kappa shape index (κ1) is 10.7. The molecule has 0 unspecified atom stereocenters. The number of ether oxygens (including phenoxy) is 1. The van der Waals surface area contributed by atoms with Gasteiger partial charge in [0.25, 0.3) is 0 Å². The van der Waals surface area contributed by atoms with Crippen LogP contribution in [0.4, 0.5) is 0 Å². The Kier molecular flexibility index (Phi) is 2.64. The zero-order chi connectivity index (χ0) is 12.4. The summed E-state index contributed by atoms with van der Waals surface area (Å²) in [6, 6.07) is 1.79. The van der Waals surface area contributed by atoms with E-state index in [0.29, 0.717) is 16.7 Å². The number of hydrogen-bond donors (Lipinski definition) is 1. The van der Waals surface area contributed by atoms with Gasteiger partial charge in [0, 0.05) is 6.20 Å². The van der Waals surface area contributed by atoms with E-state index in [1.807, 2.05) is 18.2 Å². The van der Waals surface area contributed by atoms with Gasteiger partial charge in [-0.3, -0.25) is 4.98 Å². The Bertz CT molecular complexity index is 650. The molecule has 2 heterocycles. The quantitative estimate of drug-likeness (QED) is 0.874. The van der Waals surface area contributed by atoms with Crippen molar-refractivity contribution >= 4 is 10.9 Å². The van der Waals surface area contributed by atoms with Crippen molar-refractivity contribution in [2.45, 2.75) is 12.8 Å². The van der Waals surface area contributed by atoms with Crippen molar-refractivity contribution in [2.24, 2.45) is 0 Å². The lowest BCUT2D eigenvalue weighted by atomic mass is 10.2. The van der Waals surface area contributed by atoms with Crippen LogP contribution in [0.25, 0.3) is 10.9 Å². The number of aromatic nitrogens is 3. The molecule has 0 atom stereocenters. The van der Waals surface area contributed by atoms with Crippen molar-refractivity contribution in [3.8, 4) is 11.9 Å². The maximum atomic E-state index is 9.79. The Morgan fingerprint density at radius 3 is 3.00 bits per heavy atom. The molecule has 0 bridgehead atoms. The van der Waals surface area contributed by atoms with Crippen molar-refractivity contribution in [2.75, 3.05) is 0 Å². The molecule has 0 spiro atoms. The standard InChI is InChI=1S/C13H11N3O2/c17-12-10-6-7-14-8-11(10)15-13(16-12)18-9-4-2-1-3-5-9/h2,4-8H,1,3H2,(H,15,16,17). The smallest absolute Gasteiger partial charge is 0.325 e. The molecule has 0 radical (unpaired) electrons. The summed E-state index contributed by atoms with van der Waals surface area (Å²) < 4.78 is 5.51. The third-order valence-electron chi connectivity index (χ3n) is 2.63. The van der Waals surface area contributed by atoms with Crippen LogP contribution in [0.3, 0.4) is 0 Å². The topological polar surface area (TPSA) is 68.1 Å². The first-order valence-corrected chi connectivity index (χ1v) is 5.68. The fraction of sp³-hybridized carbons (Fsp3) is 0.154. The molecule has 0 aromatic carbocycles. The van der Waals surface area contributed by atoms with Crippen LogP contribution in [0.2, 0.25) is 0 Å². The Hall–Kier alpha value is -2.43. The fourth-order valence-corrected chi connectivity index (χ4v) is 1.76. The number of allylic oxidation sites excluding steroid dienone is 3. The van der Waals surface area contributed by atoms with Gasteiger partial charge in [-0.15, -0.1) is 0 Å². The summed E-state index contributed by atoms with van der Waals surface area (Å²) in [7, 11) is 0. The van der Waals surface area contributed by atoms with Gasteiger partial charge >= 0.3 is 6.01 Å². The van der Waals surface area contributed by atoms with Gasteiger partial charge in [0.05, 0.1) is 17.1 Å². The summed E-state index contributed by atoms with van der Waals surface area (Å²) >= 11 is 0. The van der Waals surface area contributed by atoms with E-state index in [9.17, 15) is 5.11 Å². The third-order valence-corrected chi connectivity index (χ3v) is 2.63. The zero-order valence-electron chi connectivity index (χ0n) is 9.58. The highest BCUT2D eigenvalue weighted by molar-refractivity contribution is 5.82. The van der Waals surface area contributed by atoms with E-state index in [1.54, 1.807) is 18.5 Å². The highest BCUT2D eigenvalue weighted by atomic mass is 16.5. The number of nitrogens with zero attached hydrogens (tertiary/aromatic N) is 3. The van der Waals surface area contributed by atoms with Gasteiger partial charge in [0.1, 0.15) is 5.76 Å². The fourth-order valence-electron chi connectivity index (χ4n) is 1.76. The second-order valence-corrected chi connectivity index (χ2v) is 3.91. The molecule has 90 valence electrons. The van der Waals surface area contributed by atoms with Crippen LogP contribution in [0, 0.1) is 0 Å². The third kappa shape index (κ3) is 2.02. The lowest BCUT2D eigenvalue weighted by molar-refractivity contribution is 0.386. The van der Waals surface area contributed by atoms with Gasteiger partial charge in [-0.25, -0.2) is 0 Å². The molecule has 0 aliphatic heterocycles. The molecule has 1 N–H and O–H groups in total. The van der Waals surface area contributed by atoms with E-state index in [1.165, 1.54) is 0 Å². The van der Waals surface area contributed by atoms with Crippen LogP contribution in [0.1, 0.15) is 12.8 Å². The van der Waals surface area contributed by atoms with Gasteiger partial charge in [0.15, 0.2) is 0 Å². The number of fused-ring (bicyclic) bond motifs is 1. The van der Waals surface area contributed by atoms with E-state index >= 15 is 0 Å². The molecule has 5 heteroatoms. The summed E-state index contributed by atoms with van der Waals surface area (Å²) in [5.74, 6) is 0.599. The molecule has 1 aliphatic carbocycles. The second-order valence-electron chi connectivity index (χ2n) is 3.91. The van der Waals surface area contributed by atoms with Crippen molar-refractivity contribution in [1.82, 2.24) is 15.0 Å². The number of hydrogen-bond acceptors (Lipinski definition) is 5. The van der Waals surface area contributed by atoms with Gasteiger partial charge in [-0.2, -0.15) is 9.97 Å². The lowest BCUT2D eigenvalue weighted by Crippen LogP contribution is -2.00. The van der Waals surface area contributed by atoms with Crippen LogP contribution in [-0.2, 0) is 0 Å². The zero-order valence-corrected chi connectivity index (χ0v) is 9.58. The Balaban J connectivity index is 1.97. The predicted molar refractivity (Wildman–Crippen MR) is 66.1 cm³/mol. The minimum absolute atomic E-state index is 0.0993. The van der Waals surface area contributed by atoms with E-state index in [0.717, 1.165) is 12.8 Å². The highest BCUT2D eigenvalue weighted by Gasteiger charge is 2.09. The second kappa shape index (κ2) is 4.44. The Labute approximate surface area is 103 Å². The van der Waals surface area contributed by atoms with Crippen LogP contribution in [-0.4, -0.2) is 20.1 Å². The summed E-state index contributed by atoms with van der Waals surface area (Å²) in [4.78, 5) is 12.1. The largest absolute Gasteiger partial charge is 0.493 e. The van der Waals surface area contributed by atoms with E-state index in [-0.39, 0.29) is 11.9 Å². The van der Waals surface area contributed by atoms with Crippen molar-refractivity contribution in [1.29, 1.82) is 0 Å². The average Bonchev–Trinajstić information content (AvgIpc) is 2.40. The minimum atomic E-state index is -0.0993. The monoisotopic (exact) mass is 241 g/mol. The number of pyridine rings is 1. The number of rotatable bonds is 2. The van der Waals surface area contributed by atoms with E-state index in [2.05, 4.69) is 15.0 Å². The maximum absolute atomic E-state index is 9.79. The molecule has 0 saturated heterocycles. The van der Waals surface area contributed by atoms with Gasteiger partial charge in [0.2, 0.25) is 5.88 Å². The minimum Gasteiger partial charge on any atom is -0.493 e.